The van der Waals surface area contributed by atoms with Crippen molar-refractivity contribution in [2.24, 2.45) is 0 Å². The molecule has 0 spiro atoms. The molecule has 1 aromatic carbocycles. The van der Waals surface area contributed by atoms with Crippen LogP contribution in [0.25, 0.3) is 0 Å². The molecule has 156 valence electrons. The zero-order chi connectivity index (χ0) is 21.0. The molecule has 3 rings (SSSR count). The fourth-order valence-corrected chi connectivity index (χ4v) is 4.43. The minimum atomic E-state index is -0.0579. The summed E-state index contributed by atoms with van der Waals surface area (Å²) < 4.78 is 0. The summed E-state index contributed by atoms with van der Waals surface area (Å²) in [5.74, 6) is 2.43. The molecule has 1 unspecified atom stereocenters. The maximum absolute atomic E-state index is 13.3. The molecule has 29 heavy (non-hydrogen) atoms. The van der Waals surface area contributed by atoms with Gasteiger partial charge in [-0.1, -0.05) is 51.1 Å². The van der Waals surface area contributed by atoms with Gasteiger partial charge in [-0.25, -0.2) is 9.97 Å². The Morgan fingerprint density at radius 1 is 1.03 bits per heavy atom. The highest BCUT2D eigenvalue weighted by molar-refractivity contribution is 5.83. The maximum Gasteiger partial charge on any atom is 0.230 e. The van der Waals surface area contributed by atoms with Crippen LogP contribution in [0.15, 0.2) is 30.3 Å². The lowest BCUT2D eigenvalue weighted by atomic mass is 9.95. The summed E-state index contributed by atoms with van der Waals surface area (Å²) in [5.41, 5.74) is 3.41. The van der Waals surface area contributed by atoms with Crippen molar-refractivity contribution in [1.82, 2.24) is 14.9 Å². The van der Waals surface area contributed by atoms with E-state index in [0.29, 0.717) is 5.92 Å². The van der Waals surface area contributed by atoms with Crippen molar-refractivity contribution in [1.29, 1.82) is 0 Å². The standard InChI is InChI=1S/C24H34N4O/c1-6-21(20-11-8-7-9-12-20)24(29)28-14-10-13-27(15-16-28)23-22(17(2)3)18(4)25-19(5)26-23/h7-9,11-12,17,21H,6,10,13-16H2,1-5H3. The lowest BCUT2D eigenvalue weighted by Gasteiger charge is -2.28. The average Bonchev–Trinajstić information content (AvgIpc) is 2.94. The SMILES string of the molecule is CCC(C(=O)N1CCCN(c2nc(C)nc(C)c2C(C)C)CC1)c1ccccc1. The monoisotopic (exact) mass is 394 g/mol. The van der Waals surface area contributed by atoms with Gasteiger partial charge in [-0.05, 0) is 38.2 Å². The molecule has 1 fully saturated rings. The summed E-state index contributed by atoms with van der Waals surface area (Å²) in [6.45, 7) is 13.8. The number of hydrogen-bond donors (Lipinski definition) is 0. The normalized spacial score (nSPS) is 16.1. The molecule has 0 aliphatic carbocycles. The first-order valence-corrected chi connectivity index (χ1v) is 10.9. The molecule has 5 nitrogen and oxygen atoms in total. The van der Waals surface area contributed by atoms with Gasteiger partial charge in [-0.3, -0.25) is 4.79 Å². The Kier molecular flexibility index (Phi) is 6.88. The molecule has 2 aromatic rings. The Hall–Kier alpha value is -2.43. The molecule has 0 radical (unpaired) electrons. The summed E-state index contributed by atoms with van der Waals surface area (Å²) >= 11 is 0. The number of aryl methyl sites for hydroxylation is 2. The van der Waals surface area contributed by atoms with Crippen molar-refractivity contribution in [3.8, 4) is 0 Å². The molecule has 0 bridgehead atoms. The van der Waals surface area contributed by atoms with Crippen molar-refractivity contribution in [3.05, 3.63) is 53.0 Å². The molecule has 1 atom stereocenters. The molecule has 1 amide bonds. The van der Waals surface area contributed by atoms with Crippen LogP contribution in [0.3, 0.4) is 0 Å². The van der Waals surface area contributed by atoms with E-state index >= 15 is 0 Å². The Balaban J connectivity index is 1.78. The molecule has 0 N–H and O–H groups in total. The predicted molar refractivity (Wildman–Crippen MR) is 118 cm³/mol. The van der Waals surface area contributed by atoms with E-state index in [4.69, 9.17) is 4.98 Å². The summed E-state index contributed by atoms with van der Waals surface area (Å²) in [6, 6.07) is 10.2. The first kappa shape index (κ1) is 21.3. The first-order chi connectivity index (χ1) is 13.9. The van der Waals surface area contributed by atoms with Gasteiger partial charge in [0.15, 0.2) is 0 Å². The summed E-state index contributed by atoms with van der Waals surface area (Å²) in [5, 5.41) is 0. The largest absolute Gasteiger partial charge is 0.354 e. The number of hydrogen-bond acceptors (Lipinski definition) is 4. The number of carbonyl (C=O) groups excluding carboxylic acids is 1. The summed E-state index contributed by atoms with van der Waals surface area (Å²) in [4.78, 5) is 27.1. The van der Waals surface area contributed by atoms with Crippen LogP contribution in [0.4, 0.5) is 5.82 Å². The third kappa shape index (κ3) is 4.77. The number of anilines is 1. The van der Waals surface area contributed by atoms with Gasteiger partial charge in [0.25, 0.3) is 0 Å². The molecule has 1 aliphatic heterocycles. The van der Waals surface area contributed by atoms with Gasteiger partial charge < -0.3 is 9.80 Å². The zero-order valence-electron chi connectivity index (χ0n) is 18.5. The third-order valence-corrected chi connectivity index (χ3v) is 5.82. The van der Waals surface area contributed by atoms with E-state index in [-0.39, 0.29) is 11.8 Å². The van der Waals surface area contributed by atoms with Crippen molar-refractivity contribution < 1.29 is 4.79 Å². The smallest absolute Gasteiger partial charge is 0.230 e. The maximum atomic E-state index is 13.3. The highest BCUT2D eigenvalue weighted by Gasteiger charge is 2.28. The van der Waals surface area contributed by atoms with Crippen molar-refractivity contribution in [2.75, 3.05) is 31.1 Å². The molecule has 1 saturated heterocycles. The second-order valence-electron chi connectivity index (χ2n) is 8.29. The Labute approximate surface area is 175 Å². The van der Waals surface area contributed by atoms with E-state index in [1.165, 1.54) is 5.56 Å². The van der Waals surface area contributed by atoms with Crippen molar-refractivity contribution in [2.45, 2.75) is 59.3 Å². The molecular formula is C24H34N4O. The number of rotatable bonds is 5. The van der Waals surface area contributed by atoms with Crippen molar-refractivity contribution in [3.63, 3.8) is 0 Å². The quantitative estimate of drug-likeness (QED) is 0.752. The summed E-state index contributed by atoms with van der Waals surface area (Å²) in [6.07, 6.45) is 1.78. The summed E-state index contributed by atoms with van der Waals surface area (Å²) in [7, 11) is 0. The molecule has 1 aliphatic rings. The van der Waals surface area contributed by atoms with Crippen LogP contribution in [0.2, 0.25) is 0 Å². The molecule has 5 heteroatoms. The van der Waals surface area contributed by atoms with Crippen LogP contribution in [0.5, 0.6) is 0 Å². The minimum Gasteiger partial charge on any atom is -0.354 e. The van der Waals surface area contributed by atoms with Crippen LogP contribution in [0.1, 0.15) is 68.1 Å². The van der Waals surface area contributed by atoms with Gasteiger partial charge in [0.2, 0.25) is 5.91 Å². The van der Waals surface area contributed by atoms with Gasteiger partial charge in [0.05, 0.1) is 5.92 Å². The Bertz CT molecular complexity index is 834. The minimum absolute atomic E-state index is 0.0579. The number of amides is 1. The van der Waals surface area contributed by atoms with Crippen LogP contribution >= 0.6 is 0 Å². The predicted octanol–water partition coefficient (Wildman–Crippen LogP) is 4.45. The molecule has 1 aromatic heterocycles. The van der Waals surface area contributed by atoms with E-state index in [1.807, 2.05) is 25.1 Å². The van der Waals surface area contributed by atoms with E-state index in [1.54, 1.807) is 0 Å². The average molecular weight is 395 g/mol. The third-order valence-electron chi connectivity index (χ3n) is 5.82. The molecular weight excluding hydrogens is 360 g/mol. The van der Waals surface area contributed by atoms with Gasteiger partial charge in [0, 0.05) is 37.4 Å². The van der Waals surface area contributed by atoms with E-state index < -0.39 is 0 Å². The highest BCUT2D eigenvalue weighted by atomic mass is 16.2. The number of nitrogens with zero attached hydrogens (tertiary/aromatic N) is 4. The topological polar surface area (TPSA) is 49.3 Å². The lowest BCUT2D eigenvalue weighted by Crippen LogP contribution is -2.38. The van der Waals surface area contributed by atoms with E-state index in [2.05, 4.69) is 54.6 Å². The second kappa shape index (κ2) is 9.38. The number of aromatic nitrogens is 2. The zero-order valence-corrected chi connectivity index (χ0v) is 18.5. The fourth-order valence-electron chi connectivity index (χ4n) is 4.43. The fraction of sp³-hybridized carbons (Fsp3) is 0.542. The van der Waals surface area contributed by atoms with Gasteiger partial charge in [-0.2, -0.15) is 0 Å². The van der Waals surface area contributed by atoms with Crippen LogP contribution in [-0.4, -0.2) is 47.0 Å². The van der Waals surface area contributed by atoms with Crippen LogP contribution < -0.4 is 4.90 Å². The van der Waals surface area contributed by atoms with E-state index in [9.17, 15) is 4.79 Å². The molecule has 0 saturated carbocycles. The second-order valence-corrected chi connectivity index (χ2v) is 8.29. The van der Waals surface area contributed by atoms with Crippen molar-refractivity contribution >= 4 is 11.7 Å². The first-order valence-electron chi connectivity index (χ1n) is 10.9. The van der Waals surface area contributed by atoms with Gasteiger partial charge in [0.1, 0.15) is 11.6 Å². The van der Waals surface area contributed by atoms with Crippen LogP contribution in [0, 0.1) is 13.8 Å². The lowest BCUT2D eigenvalue weighted by molar-refractivity contribution is -0.132. The Morgan fingerprint density at radius 3 is 2.41 bits per heavy atom. The number of carbonyl (C=O) groups is 1. The molecule has 2 heterocycles. The Morgan fingerprint density at radius 2 is 1.76 bits per heavy atom. The van der Waals surface area contributed by atoms with Gasteiger partial charge in [-0.15, -0.1) is 0 Å². The van der Waals surface area contributed by atoms with E-state index in [0.717, 1.165) is 61.9 Å². The number of benzene rings is 1. The highest BCUT2D eigenvalue weighted by Crippen LogP contribution is 2.29. The van der Waals surface area contributed by atoms with Crippen LogP contribution in [-0.2, 0) is 4.79 Å². The van der Waals surface area contributed by atoms with Gasteiger partial charge >= 0.3 is 0 Å².